The Balaban J connectivity index is 0. The molecule has 56 valence electrons. The van der Waals surface area contributed by atoms with Crippen molar-refractivity contribution in [3.8, 4) is 0 Å². The molecule has 0 rings (SSSR count). The van der Waals surface area contributed by atoms with E-state index < -0.39 is 0 Å². The summed E-state index contributed by atoms with van der Waals surface area (Å²) in [4.78, 5) is 0. The molecule has 0 saturated heterocycles. The molecule has 9 heavy (non-hydrogen) atoms. The Morgan fingerprint density at radius 2 is 2.00 bits per heavy atom. The van der Waals surface area contributed by atoms with Gasteiger partial charge in [-0.3, -0.25) is 0 Å². The van der Waals surface area contributed by atoms with Crippen molar-refractivity contribution in [1.29, 1.82) is 0 Å². The van der Waals surface area contributed by atoms with E-state index in [1.165, 1.54) is 0 Å². The van der Waals surface area contributed by atoms with Crippen LogP contribution in [0.25, 0.3) is 0 Å². The second-order valence-electron chi connectivity index (χ2n) is 2.05. The molecule has 0 aliphatic rings. The lowest BCUT2D eigenvalue weighted by atomic mass is 10.2. The third kappa shape index (κ3) is 5.41. The zero-order chi connectivity index (χ0) is 6.57. The van der Waals surface area contributed by atoms with Crippen molar-refractivity contribution in [2.24, 2.45) is 5.92 Å². The van der Waals surface area contributed by atoms with Gasteiger partial charge in [0.25, 0.3) is 0 Å². The predicted molar refractivity (Wildman–Crippen MR) is 42.3 cm³/mol. The molecule has 0 aliphatic heterocycles. The Bertz CT molecular complexity index is 74.6. The first-order valence-electron chi connectivity index (χ1n) is 3.00. The van der Waals surface area contributed by atoms with Crippen LogP contribution in [0.15, 0.2) is 12.3 Å². The van der Waals surface area contributed by atoms with Gasteiger partial charge in [-0.1, -0.05) is 27.9 Å². The topological polar surface area (TPSA) is 9.23 Å². The monoisotopic (exact) mass is 130 g/mol. The summed E-state index contributed by atoms with van der Waals surface area (Å²) in [6.07, 6.45) is 0. The summed E-state index contributed by atoms with van der Waals surface area (Å²) in [6.45, 7) is 10.6. The lowest BCUT2D eigenvalue weighted by Crippen LogP contribution is -1.96. The molecule has 0 amide bonds. The van der Waals surface area contributed by atoms with E-state index in [0.29, 0.717) is 5.92 Å². The zero-order valence-electron chi connectivity index (χ0n) is 5.90. The van der Waals surface area contributed by atoms with E-state index in [1.54, 1.807) is 0 Å². The van der Waals surface area contributed by atoms with Crippen LogP contribution in [0, 0.1) is 5.92 Å². The molecule has 0 N–H and O–H groups in total. The molecule has 0 spiro atoms. The number of allylic oxidation sites excluding steroid dienone is 1. The molecule has 0 radical (unpaired) electrons. The summed E-state index contributed by atoms with van der Waals surface area (Å²) in [7, 11) is 0. The SMILES string of the molecule is C.C=C(OCC)C(C)C. The molecule has 0 bridgehead atoms. The fourth-order valence-electron chi connectivity index (χ4n) is 0.352. The summed E-state index contributed by atoms with van der Waals surface area (Å²) in [5.41, 5.74) is 0. The summed E-state index contributed by atoms with van der Waals surface area (Å²) >= 11 is 0. The highest BCUT2D eigenvalue weighted by atomic mass is 16.5. The Morgan fingerprint density at radius 3 is 2.11 bits per heavy atom. The maximum absolute atomic E-state index is 5.11. The molecular weight excluding hydrogens is 112 g/mol. The highest BCUT2D eigenvalue weighted by Crippen LogP contribution is 2.06. The zero-order valence-corrected chi connectivity index (χ0v) is 5.90. The van der Waals surface area contributed by atoms with Crippen molar-refractivity contribution in [2.45, 2.75) is 28.2 Å². The fraction of sp³-hybridized carbons (Fsp3) is 0.750. The van der Waals surface area contributed by atoms with Gasteiger partial charge >= 0.3 is 0 Å². The minimum Gasteiger partial charge on any atom is -0.499 e. The molecule has 0 unspecified atom stereocenters. The second kappa shape index (κ2) is 5.67. The molecule has 0 heterocycles. The Labute approximate surface area is 58.7 Å². The molecule has 0 aromatic carbocycles. The summed E-state index contributed by atoms with van der Waals surface area (Å²) in [6, 6.07) is 0. The fourth-order valence-corrected chi connectivity index (χ4v) is 0.352. The van der Waals surface area contributed by atoms with Crippen LogP contribution < -0.4 is 0 Å². The number of ether oxygens (including phenoxy) is 1. The van der Waals surface area contributed by atoms with Gasteiger partial charge in [0, 0.05) is 5.92 Å². The first-order valence-corrected chi connectivity index (χ1v) is 3.00. The van der Waals surface area contributed by atoms with Gasteiger partial charge in [0.2, 0.25) is 0 Å². The summed E-state index contributed by atoms with van der Waals surface area (Å²) < 4.78 is 5.11. The van der Waals surface area contributed by atoms with Crippen LogP contribution in [0.3, 0.4) is 0 Å². The van der Waals surface area contributed by atoms with E-state index in [0.717, 1.165) is 12.4 Å². The van der Waals surface area contributed by atoms with Gasteiger partial charge in [0.15, 0.2) is 0 Å². The predicted octanol–water partition coefficient (Wildman–Crippen LogP) is 2.83. The van der Waals surface area contributed by atoms with Gasteiger partial charge in [-0.2, -0.15) is 0 Å². The van der Waals surface area contributed by atoms with Gasteiger partial charge in [0.05, 0.1) is 12.4 Å². The van der Waals surface area contributed by atoms with Crippen LogP contribution in [-0.4, -0.2) is 6.61 Å². The highest BCUT2D eigenvalue weighted by Gasteiger charge is 1.96. The first kappa shape index (κ1) is 11.4. The van der Waals surface area contributed by atoms with Crippen LogP contribution in [0.5, 0.6) is 0 Å². The minimum atomic E-state index is 0. The molecule has 1 nitrogen and oxygen atoms in total. The third-order valence-corrected chi connectivity index (χ3v) is 0.974. The van der Waals surface area contributed by atoms with Gasteiger partial charge in [0.1, 0.15) is 0 Å². The standard InChI is InChI=1S/C7H14O.CH4/c1-5-8-7(4)6(2)3;/h6H,4-5H2,1-3H3;1H4. The molecular formula is C8H18O. The Kier molecular flexibility index (Phi) is 7.15. The molecule has 0 fully saturated rings. The smallest absolute Gasteiger partial charge is 0.0913 e. The lowest BCUT2D eigenvalue weighted by molar-refractivity contribution is 0.202. The van der Waals surface area contributed by atoms with Gasteiger partial charge in [-0.15, -0.1) is 0 Å². The number of hydrogen-bond acceptors (Lipinski definition) is 1. The van der Waals surface area contributed by atoms with Crippen LogP contribution in [-0.2, 0) is 4.74 Å². The van der Waals surface area contributed by atoms with E-state index in [2.05, 4.69) is 20.4 Å². The Morgan fingerprint density at radius 1 is 1.56 bits per heavy atom. The largest absolute Gasteiger partial charge is 0.499 e. The van der Waals surface area contributed by atoms with Gasteiger partial charge in [-0.05, 0) is 6.92 Å². The van der Waals surface area contributed by atoms with Crippen molar-refractivity contribution >= 4 is 0 Å². The third-order valence-electron chi connectivity index (χ3n) is 0.974. The van der Waals surface area contributed by atoms with Crippen LogP contribution in [0.1, 0.15) is 28.2 Å². The Hall–Kier alpha value is -0.460. The molecule has 0 saturated carbocycles. The minimum absolute atomic E-state index is 0. The van der Waals surface area contributed by atoms with Gasteiger partial charge in [-0.25, -0.2) is 0 Å². The first-order chi connectivity index (χ1) is 3.68. The van der Waals surface area contributed by atoms with Crippen molar-refractivity contribution in [2.75, 3.05) is 6.61 Å². The maximum Gasteiger partial charge on any atom is 0.0913 e. The molecule has 0 aliphatic carbocycles. The van der Waals surface area contributed by atoms with Crippen LogP contribution in [0.4, 0.5) is 0 Å². The average molecular weight is 130 g/mol. The van der Waals surface area contributed by atoms with E-state index >= 15 is 0 Å². The second-order valence-corrected chi connectivity index (χ2v) is 2.05. The van der Waals surface area contributed by atoms with E-state index in [1.807, 2.05) is 6.92 Å². The number of rotatable bonds is 3. The van der Waals surface area contributed by atoms with Crippen molar-refractivity contribution < 1.29 is 4.74 Å². The van der Waals surface area contributed by atoms with Crippen molar-refractivity contribution in [3.05, 3.63) is 12.3 Å². The maximum atomic E-state index is 5.11. The van der Waals surface area contributed by atoms with E-state index in [4.69, 9.17) is 4.74 Å². The van der Waals surface area contributed by atoms with E-state index in [9.17, 15) is 0 Å². The normalized spacial score (nSPS) is 8.44. The van der Waals surface area contributed by atoms with Crippen molar-refractivity contribution in [1.82, 2.24) is 0 Å². The van der Waals surface area contributed by atoms with E-state index in [-0.39, 0.29) is 7.43 Å². The van der Waals surface area contributed by atoms with Crippen LogP contribution >= 0.6 is 0 Å². The molecule has 0 aromatic heterocycles. The molecule has 1 heteroatoms. The van der Waals surface area contributed by atoms with Crippen LogP contribution in [0.2, 0.25) is 0 Å². The quantitative estimate of drug-likeness (QED) is 0.534. The average Bonchev–Trinajstić information content (AvgIpc) is 1.67. The molecule has 0 atom stereocenters. The number of hydrogen-bond donors (Lipinski definition) is 0. The van der Waals surface area contributed by atoms with Gasteiger partial charge < -0.3 is 4.74 Å². The lowest BCUT2D eigenvalue weighted by Gasteiger charge is -2.08. The highest BCUT2D eigenvalue weighted by molar-refractivity contribution is 4.85. The summed E-state index contributed by atoms with van der Waals surface area (Å²) in [5.74, 6) is 1.34. The molecule has 0 aromatic rings. The van der Waals surface area contributed by atoms with Crippen molar-refractivity contribution in [3.63, 3.8) is 0 Å². The summed E-state index contributed by atoms with van der Waals surface area (Å²) in [5, 5.41) is 0.